The van der Waals surface area contributed by atoms with E-state index < -0.39 is 5.76 Å². The molecule has 0 amide bonds. The average molecular weight is 194 g/mol. The Hall–Kier alpha value is -1.91. The van der Waals surface area contributed by atoms with E-state index in [1.165, 1.54) is 11.7 Å². The normalized spacial score (nSPS) is 10.7. The standard InChI is InChI=1S/C9H10N2O3/c1-11-6-3-5(10)4-7(13-2)8(6)14-9(11)12/h3-4H,10H2,1-2H3. The summed E-state index contributed by atoms with van der Waals surface area (Å²) in [5, 5.41) is 0. The van der Waals surface area contributed by atoms with E-state index in [1.54, 1.807) is 19.2 Å². The molecule has 1 aromatic carbocycles. The quantitative estimate of drug-likeness (QED) is 0.679. The summed E-state index contributed by atoms with van der Waals surface area (Å²) >= 11 is 0. The van der Waals surface area contributed by atoms with Crippen molar-refractivity contribution in [3.05, 3.63) is 22.7 Å². The fourth-order valence-electron chi connectivity index (χ4n) is 1.37. The molecule has 5 nitrogen and oxygen atoms in total. The summed E-state index contributed by atoms with van der Waals surface area (Å²) in [5.74, 6) is 0.0431. The number of aromatic nitrogens is 1. The summed E-state index contributed by atoms with van der Waals surface area (Å²) < 4.78 is 11.4. The molecular weight excluding hydrogens is 184 g/mol. The Balaban J connectivity index is 2.94. The molecule has 0 saturated carbocycles. The Bertz CT molecular complexity index is 539. The number of hydrogen-bond acceptors (Lipinski definition) is 4. The van der Waals surface area contributed by atoms with E-state index in [4.69, 9.17) is 14.9 Å². The van der Waals surface area contributed by atoms with E-state index in [1.807, 2.05) is 0 Å². The summed E-state index contributed by atoms with van der Waals surface area (Å²) in [4.78, 5) is 11.2. The summed E-state index contributed by atoms with van der Waals surface area (Å²) in [5.41, 5.74) is 7.23. The van der Waals surface area contributed by atoms with Crippen LogP contribution in [0.4, 0.5) is 5.69 Å². The maximum Gasteiger partial charge on any atom is 0.419 e. The van der Waals surface area contributed by atoms with Crippen molar-refractivity contribution in [1.82, 2.24) is 4.57 Å². The molecular formula is C9H10N2O3. The van der Waals surface area contributed by atoms with Gasteiger partial charge in [0, 0.05) is 18.8 Å². The smallest absolute Gasteiger partial charge is 0.419 e. The molecule has 0 bridgehead atoms. The van der Waals surface area contributed by atoms with Gasteiger partial charge in [-0.1, -0.05) is 0 Å². The van der Waals surface area contributed by atoms with Gasteiger partial charge >= 0.3 is 5.76 Å². The van der Waals surface area contributed by atoms with Crippen molar-refractivity contribution in [2.45, 2.75) is 0 Å². The van der Waals surface area contributed by atoms with E-state index in [0.29, 0.717) is 22.5 Å². The lowest BCUT2D eigenvalue weighted by atomic mass is 10.2. The zero-order valence-electron chi connectivity index (χ0n) is 7.90. The summed E-state index contributed by atoms with van der Waals surface area (Å²) in [6, 6.07) is 3.29. The van der Waals surface area contributed by atoms with Crippen LogP contribution in [0.25, 0.3) is 11.1 Å². The van der Waals surface area contributed by atoms with Gasteiger partial charge in [-0.3, -0.25) is 4.57 Å². The van der Waals surface area contributed by atoms with E-state index >= 15 is 0 Å². The van der Waals surface area contributed by atoms with Gasteiger partial charge in [0.1, 0.15) is 0 Å². The molecule has 74 valence electrons. The molecule has 0 unspecified atom stereocenters. The third-order valence-electron chi connectivity index (χ3n) is 2.10. The highest BCUT2D eigenvalue weighted by Gasteiger charge is 2.11. The van der Waals surface area contributed by atoms with E-state index in [0.717, 1.165) is 0 Å². The molecule has 0 fully saturated rings. The topological polar surface area (TPSA) is 70.4 Å². The molecule has 2 rings (SSSR count). The monoisotopic (exact) mass is 194 g/mol. The fourth-order valence-corrected chi connectivity index (χ4v) is 1.37. The number of fused-ring (bicyclic) bond motifs is 1. The molecule has 0 atom stereocenters. The fraction of sp³-hybridized carbons (Fsp3) is 0.222. The van der Waals surface area contributed by atoms with Crippen LogP contribution in [0.1, 0.15) is 0 Å². The van der Waals surface area contributed by atoms with Crippen molar-refractivity contribution < 1.29 is 9.15 Å². The van der Waals surface area contributed by atoms with Gasteiger partial charge < -0.3 is 14.9 Å². The van der Waals surface area contributed by atoms with Crippen LogP contribution in [0.3, 0.4) is 0 Å². The Morgan fingerprint density at radius 2 is 2.21 bits per heavy atom. The Labute approximate surface area is 79.7 Å². The van der Waals surface area contributed by atoms with Gasteiger partial charge in [0.2, 0.25) is 0 Å². The van der Waals surface area contributed by atoms with Crippen molar-refractivity contribution in [1.29, 1.82) is 0 Å². The zero-order valence-corrected chi connectivity index (χ0v) is 7.90. The minimum absolute atomic E-state index is 0.425. The molecule has 5 heteroatoms. The number of nitrogens with two attached hydrogens (primary N) is 1. The molecule has 2 N–H and O–H groups in total. The molecule has 0 radical (unpaired) electrons. The average Bonchev–Trinajstić information content (AvgIpc) is 2.43. The molecule has 0 spiro atoms. The van der Waals surface area contributed by atoms with Crippen LogP contribution >= 0.6 is 0 Å². The lowest BCUT2D eigenvalue weighted by Gasteiger charge is -2.01. The van der Waals surface area contributed by atoms with E-state index in [2.05, 4.69) is 0 Å². The molecule has 0 aliphatic carbocycles. The van der Waals surface area contributed by atoms with Crippen LogP contribution in [0.15, 0.2) is 21.3 Å². The van der Waals surface area contributed by atoms with Gasteiger partial charge in [0.25, 0.3) is 0 Å². The number of hydrogen-bond donors (Lipinski definition) is 1. The maximum atomic E-state index is 11.2. The molecule has 0 aliphatic heterocycles. The number of methoxy groups -OCH3 is 1. The summed E-state index contributed by atoms with van der Waals surface area (Å²) in [7, 11) is 3.12. The van der Waals surface area contributed by atoms with Crippen molar-refractivity contribution in [3.8, 4) is 5.75 Å². The predicted octanol–water partition coefficient (Wildman–Crippen LogP) is 0.722. The Morgan fingerprint density at radius 3 is 2.86 bits per heavy atom. The third-order valence-corrected chi connectivity index (χ3v) is 2.10. The number of ether oxygens (including phenoxy) is 1. The second-order valence-electron chi connectivity index (χ2n) is 3.00. The van der Waals surface area contributed by atoms with Crippen LogP contribution in [-0.4, -0.2) is 11.7 Å². The van der Waals surface area contributed by atoms with Crippen molar-refractivity contribution in [2.75, 3.05) is 12.8 Å². The molecule has 1 heterocycles. The van der Waals surface area contributed by atoms with Gasteiger partial charge in [-0.2, -0.15) is 0 Å². The third kappa shape index (κ3) is 1.06. The Morgan fingerprint density at radius 1 is 1.50 bits per heavy atom. The number of nitrogen functional groups attached to an aromatic ring is 1. The number of aryl methyl sites for hydroxylation is 1. The second kappa shape index (κ2) is 2.80. The molecule has 2 aromatic rings. The first-order valence-corrected chi connectivity index (χ1v) is 4.06. The van der Waals surface area contributed by atoms with Gasteiger partial charge in [-0.15, -0.1) is 0 Å². The number of anilines is 1. The molecule has 1 aromatic heterocycles. The number of rotatable bonds is 1. The lowest BCUT2D eigenvalue weighted by molar-refractivity contribution is 0.407. The number of benzene rings is 1. The van der Waals surface area contributed by atoms with Gasteiger partial charge in [-0.05, 0) is 6.07 Å². The first-order chi connectivity index (χ1) is 6.63. The van der Waals surface area contributed by atoms with Crippen LogP contribution < -0.4 is 16.2 Å². The van der Waals surface area contributed by atoms with Crippen molar-refractivity contribution in [3.63, 3.8) is 0 Å². The van der Waals surface area contributed by atoms with Crippen molar-refractivity contribution >= 4 is 16.8 Å². The predicted molar refractivity (Wildman–Crippen MR) is 52.4 cm³/mol. The first-order valence-electron chi connectivity index (χ1n) is 4.06. The first kappa shape index (κ1) is 8.68. The highest BCUT2D eigenvalue weighted by Crippen LogP contribution is 2.27. The molecule has 14 heavy (non-hydrogen) atoms. The minimum Gasteiger partial charge on any atom is -0.493 e. The highest BCUT2D eigenvalue weighted by atomic mass is 16.5. The van der Waals surface area contributed by atoms with Gasteiger partial charge in [-0.25, -0.2) is 4.79 Å². The van der Waals surface area contributed by atoms with Crippen LogP contribution in [-0.2, 0) is 7.05 Å². The maximum absolute atomic E-state index is 11.2. The van der Waals surface area contributed by atoms with Crippen molar-refractivity contribution in [2.24, 2.45) is 7.05 Å². The molecule has 0 saturated heterocycles. The van der Waals surface area contributed by atoms with E-state index in [9.17, 15) is 4.79 Å². The number of oxazole rings is 1. The number of nitrogens with zero attached hydrogens (tertiary/aromatic N) is 1. The lowest BCUT2D eigenvalue weighted by Crippen LogP contribution is -2.08. The summed E-state index contributed by atoms with van der Waals surface area (Å²) in [6.45, 7) is 0. The molecule has 0 aliphatic rings. The minimum atomic E-state index is -0.427. The largest absolute Gasteiger partial charge is 0.493 e. The van der Waals surface area contributed by atoms with Crippen LogP contribution in [0.2, 0.25) is 0 Å². The highest BCUT2D eigenvalue weighted by molar-refractivity contribution is 5.83. The second-order valence-corrected chi connectivity index (χ2v) is 3.00. The van der Waals surface area contributed by atoms with Gasteiger partial charge in [0.15, 0.2) is 11.3 Å². The summed E-state index contributed by atoms with van der Waals surface area (Å²) in [6.07, 6.45) is 0. The SMILES string of the molecule is COc1cc(N)cc2c1oc(=O)n2C. The van der Waals surface area contributed by atoms with Gasteiger partial charge in [0.05, 0.1) is 12.6 Å². The van der Waals surface area contributed by atoms with E-state index in [-0.39, 0.29) is 0 Å². The van der Waals surface area contributed by atoms with Crippen LogP contribution in [0.5, 0.6) is 5.75 Å². The Kier molecular flexibility index (Phi) is 1.73. The zero-order chi connectivity index (χ0) is 10.3. The van der Waals surface area contributed by atoms with Crippen LogP contribution in [0, 0.1) is 0 Å².